The van der Waals surface area contributed by atoms with Crippen LogP contribution in [0.4, 0.5) is 10.5 Å². The lowest BCUT2D eigenvalue weighted by molar-refractivity contribution is -0.121. The van der Waals surface area contributed by atoms with Gasteiger partial charge in [0.1, 0.15) is 0 Å². The zero-order valence-electron chi connectivity index (χ0n) is 13.1. The van der Waals surface area contributed by atoms with E-state index < -0.39 is 6.03 Å². The maximum Gasteiger partial charge on any atom is 0.325 e. The Morgan fingerprint density at radius 3 is 2.74 bits per heavy atom. The van der Waals surface area contributed by atoms with Crippen LogP contribution in [-0.2, 0) is 4.79 Å². The fourth-order valence-corrected chi connectivity index (χ4v) is 2.73. The number of fused-ring (bicyclic) bond motifs is 1. The molecule has 1 aromatic rings. The minimum absolute atomic E-state index is 0.178. The predicted octanol–water partition coefficient (Wildman–Crippen LogP) is 1.80. The highest BCUT2D eigenvalue weighted by molar-refractivity contribution is 6.01. The summed E-state index contributed by atoms with van der Waals surface area (Å²) in [5.74, 6) is 1.64. The average Bonchev–Trinajstić information content (AvgIpc) is 2.97. The van der Waals surface area contributed by atoms with E-state index in [1.165, 1.54) is 0 Å². The molecule has 124 valence electrons. The van der Waals surface area contributed by atoms with Gasteiger partial charge in [-0.1, -0.05) is 6.92 Å². The summed E-state index contributed by atoms with van der Waals surface area (Å²) in [6.07, 6.45) is 2.19. The first-order valence-corrected chi connectivity index (χ1v) is 7.83. The molecule has 7 nitrogen and oxygen atoms in total. The standard InChI is InChI=1S/C16H21N3O4/c1-11-4-6-19(7-5-11)9-15(20)18-16(21)17-12-2-3-13-14(8-12)23-10-22-13/h2-3,8,11H,4-7,9-10H2,1H3,(H2,17,18,20,21). The van der Waals surface area contributed by atoms with Crippen molar-refractivity contribution in [3.63, 3.8) is 0 Å². The van der Waals surface area contributed by atoms with Crippen molar-refractivity contribution in [2.75, 3.05) is 31.7 Å². The van der Waals surface area contributed by atoms with Gasteiger partial charge in [0.05, 0.1) is 6.54 Å². The molecule has 3 rings (SSSR count). The molecule has 0 radical (unpaired) electrons. The van der Waals surface area contributed by atoms with Crippen molar-refractivity contribution in [3.05, 3.63) is 18.2 Å². The van der Waals surface area contributed by atoms with Crippen molar-refractivity contribution in [1.29, 1.82) is 0 Å². The zero-order valence-corrected chi connectivity index (χ0v) is 13.1. The lowest BCUT2D eigenvalue weighted by atomic mass is 9.99. The molecule has 2 N–H and O–H groups in total. The third kappa shape index (κ3) is 4.13. The molecule has 0 unspecified atom stereocenters. The molecule has 7 heteroatoms. The van der Waals surface area contributed by atoms with Crippen LogP contribution < -0.4 is 20.1 Å². The Bertz CT molecular complexity index is 597. The second-order valence-corrected chi connectivity index (χ2v) is 6.03. The molecule has 1 saturated heterocycles. The van der Waals surface area contributed by atoms with Crippen LogP contribution in [0.5, 0.6) is 11.5 Å². The molecular formula is C16H21N3O4. The van der Waals surface area contributed by atoms with E-state index in [0.29, 0.717) is 23.1 Å². The van der Waals surface area contributed by atoms with Gasteiger partial charge in [0, 0.05) is 11.8 Å². The summed E-state index contributed by atoms with van der Waals surface area (Å²) in [5.41, 5.74) is 0.548. The predicted molar refractivity (Wildman–Crippen MR) is 84.6 cm³/mol. The summed E-state index contributed by atoms with van der Waals surface area (Å²) in [7, 11) is 0. The molecule has 0 atom stereocenters. The lowest BCUT2D eigenvalue weighted by Crippen LogP contribution is -2.44. The number of amides is 3. The van der Waals surface area contributed by atoms with Crippen LogP contribution in [0, 0.1) is 5.92 Å². The number of benzene rings is 1. The van der Waals surface area contributed by atoms with E-state index in [4.69, 9.17) is 9.47 Å². The smallest absolute Gasteiger partial charge is 0.325 e. The molecule has 0 aromatic heterocycles. The van der Waals surface area contributed by atoms with Crippen molar-refractivity contribution in [1.82, 2.24) is 10.2 Å². The summed E-state index contributed by atoms with van der Waals surface area (Å²) in [6, 6.07) is 4.54. The molecule has 2 aliphatic rings. The highest BCUT2D eigenvalue weighted by Gasteiger charge is 2.19. The van der Waals surface area contributed by atoms with E-state index in [1.807, 2.05) is 0 Å². The van der Waals surface area contributed by atoms with E-state index in [2.05, 4.69) is 22.5 Å². The van der Waals surface area contributed by atoms with Gasteiger partial charge in [-0.3, -0.25) is 15.0 Å². The number of piperidine rings is 1. The Morgan fingerprint density at radius 2 is 1.96 bits per heavy atom. The van der Waals surface area contributed by atoms with Gasteiger partial charge >= 0.3 is 6.03 Å². The maximum absolute atomic E-state index is 11.9. The zero-order chi connectivity index (χ0) is 16.2. The Balaban J connectivity index is 1.46. The highest BCUT2D eigenvalue weighted by Crippen LogP contribution is 2.34. The number of nitrogens with one attached hydrogen (secondary N) is 2. The Labute approximate surface area is 134 Å². The summed E-state index contributed by atoms with van der Waals surface area (Å²) in [4.78, 5) is 25.9. The van der Waals surface area contributed by atoms with Crippen molar-refractivity contribution in [2.45, 2.75) is 19.8 Å². The number of rotatable bonds is 3. The van der Waals surface area contributed by atoms with Gasteiger partial charge in [0.2, 0.25) is 12.7 Å². The quantitative estimate of drug-likeness (QED) is 0.888. The summed E-state index contributed by atoms with van der Waals surface area (Å²) in [6.45, 7) is 4.45. The first-order chi connectivity index (χ1) is 11.1. The monoisotopic (exact) mass is 319 g/mol. The fraction of sp³-hybridized carbons (Fsp3) is 0.500. The molecule has 2 heterocycles. The van der Waals surface area contributed by atoms with Crippen LogP contribution in [0.3, 0.4) is 0 Å². The van der Waals surface area contributed by atoms with Gasteiger partial charge in [-0.05, 0) is 44.0 Å². The third-order valence-electron chi connectivity index (χ3n) is 4.13. The summed E-state index contributed by atoms with van der Waals surface area (Å²) in [5, 5.41) is 4.97. The number of carbonyl (C=O) groups is 2. The molecule has 0 saturated carbocycles. The molecular weight excluding hydrogens is 298 g/mol. The molecule has 1 aromatic carbocycles. The van der Waals surface area contributed by atoms with Crippen LogP contribution >= 0.6 is 0 Å². The lowest BCUT2D eigenvalue weighted by Gasteiger charge is -2.29. The van der Waals surface area contributed by atoms with Crippen molar-refractivity contribution < 1.29 is 19.1 Å². The fourth-order valence-electron chi connectivity index (χ4n) is 2.73. The van der Waals surface area contributed by atoms with Crippen LogP contribution in [0.1, 0.15) is 19.8 Å². The Kier molecular flexibility index (Phi) is 4.66. The normalized spacial score (nSPS) is 17.8. The number of ether oxygens (including phenoxy) is 2. The largest absolute Gasteiger partial charge is 0.454 e. The number of hydrogen-bond acceptors (Lipinski definition) is 5. The number of anilines is 1. The molecule has 0 bridgehead atoms. The SMILES string of the molecule is CC1CCN(CC(=O)NC(=O)Nc2ccc3c(c2)OCO3)CC1. The van der Waals surface area contributed by atoms with E-state index >= 15 is 0 Å². The van der Waals surface area contributed by atoms with E-state index in [-0.39, 0.29) is 19.2 Å². The van der Waals surface area contributed by atoms with E-state index in [0.717, 1.165) is 25.9 Å². The number of nitrogens with zero attached hydrogens (tertiary/aromatic N) is 1. The number of carbonyl (C=O) groups excluding carboxylic acids is 2. The first-order valence-electron chi connectivity index (χ1n) is 7.83. The Morgan fingerprint density at radius 1 is 1.22 bits per heavy atom. The van der Waals surface area contributed by atoms with Crippen LogP contribution in [-0.4, -0.2) is 43.3 Å². The first kappa shape index (κ1) is 15.6. The van der Waals surface area contributed by atoms with Crippen molar-refractivity contribution in [2.24, 2.45) is 5.92 Å². The van der Waals surface area contributed by atoms with Crippen LogP contribution in [0.2, 0.25) is 0 Å². The van der Waals surface area contributed by atoms with Gasteiger partial charge in [-0.15, -0.1) is 0 Å². The number of hydrogen-bond donors (Lipinski definition) is 2. The molecule has 3 amide bonds. The minimum Gasteiger partial charge on any atom is -0.454 e. The van der Waals surface area contributed by atoms with Gasteiger partial charge in [0.15, 0.2) is 11.5 Å². The summed E-state index contributed by atoms with van der Waals surface area (Å²) >= 11 is 0. The summed E-state index contributed by atoms with van der Waals surface area (Å²) < 4.78 is 10.4. The number of likely N-dealkylation sites (tertiary alicyclic amines) is 1. The van der Waals surface area contributed by atoms with Gasteiger partial charge in [0.25, 0.3) is 0 Å². The number of urea groups is 1. The van der Waals surface area contributed by atoms with Crippen LogP contribution in [0.25, 0.3) is 0 Å². The average molecular weight is 319 g/mol. The third-order valence-corrected chi connectivity index (χ3v) is 4.13. The van der Waals surface area contributed by atoms with Crippen molar-refractivity contribution in [3.8, 4) is 11.5 Å². The topological polar surface area (TPSA) is 79.9 Å². The van der Waals surface area contributed by atoms with Crippen LogP contribution in [0.15, 0.2) is 18.2 Å². The Hall–Kier alpha value is -2.28. The molecule has 23 heavy (non-hydrogen) atoms. The van der Waals surface area contributed by atoms with Gasteiger partial charge in [-0.25, -0.2) is 4.79 Å². The highest BCUT2D eigenvalue weighted by atomic mass is 16.7. The van der Waals surface area contributed by atoms with E-state index in [9.17, 15) is 9.59 Å². The molecule has 0 spiro atoms. The van der Waals surface area contributed by atoms with E-state index in [1.54, 1.807) is 18.2 Å². The minimum atomic E-state index is -0.542. The van der Waals surface area contributed by atoms with Gasteiger partial charge < -0.3 is 14.8 Å². The van der Waals surface area contributed by atoms with Gasteiger partial charge in [-0.2, -0.15) is 0 Å². The molecule has 0 aliphatic carbocycles. The second-order valence-electron chi connectivity index (χ2n) is 6.03. The molecule has 2 aliphatic heterocycles. The number of imide groups is 1. The second kappa shape index (κ2) is 6.87. The van der Waals surface area contributed by atoms with Crippen molar-refractivity contribution >= 4 is 17.6 Å². The molecule has 1 fully saturated rings. The maximum atomic E-state index is 11.9.